The SMILES string of the molecule is c1ccc(N(c2ccc(-c3ccc4ccc5c(-c6ccc(-c7nc8ccccc8n7-c7ccccc7)cc6)ccc6ccc3c4c65)cc2)c2ccc3c(c2)c2ccccc2n3-c2ccccc2)cc1. The average molecular weight is 879 g/mol. The summed E-state index contributed by atoms with van der Waals surface area (Å²) in [4.78, 5) is 7.50. The third kappa shape index (κ3) is 6.27. The molecule has 0 unspecified atom stereocenters. The Bertz CT molecular complexity index is 4210. The number of benzene rings is 12. The fourth-order valence-corrected chi connectivity index (χ4v) is 10.9. The third-order valence-electron chi connectivity index (χ3n) is 14.1. The molecule has 0 amide bonds. The predicted molar refractivity (Wildman–Crippen MR) is 290 cm³/mol. The zero-order chi connectivity index (χ0) is 45.4. The van der Waals surface area contributed by atoms with E-state index in [0.29, 0.717) is 0 Å². The molecule has 322 valence electrons. The van der Waals surface area contributed by atoms with Crippen LogP contribution in [-0.4, -0.2) is 14.1 Å². The Hall–Kier alpha value is -9.25. The lowest BCUT2D eigenvalue weighted by atomic mass is 9.87. The van der Waals surface area contributed by atoms with Gasteiger partial charge in [-0.25, -0.2) is 4.98 Å². The van der Waals surface area contributed by atoms with Gasteiger partial charge in [0.25, 0.3) is 0 Å². The molecule has 0 saturated heterocycles. The number of fused-ring (bicyclic) bond motifs is 4. The maximum atomic E-state index is 5.13. The largest absolute Gasteiger partial charge is 0.310 e. The molecule has 0 bridgehead atoms. The zero-order valence-electron chi connectivity index (χ0n) is 37.5. The van der Waals surface area contributed by atoms with Crippen molar-refractivity contribution in [2.45, 2.75) is 0 Å². The highest BCUT2D eigenvalue weighted by Gasteiger charge is 2.20. The Morgan fingerprint density at radius 3 is 1.43 bits per heavy atom. The van der Waals surface area contributed by atoms with Gasteiger partial charge in [0, 0.05) is 44.8 Å². The summed E-state index contributed by atoms with van der Waals surface area (Å²) in [5, 5.41) is 10.1. The Labute approximate surface area is 399 Å². The maximum Gasteiger partial charge on any atom is 0.145 e. The summed E-state index contributed by atoms with van der Waals surface area (Å²) in [6, 6.07) is 92.3. The molecule has 69 heavy (non-hydrogen) atoms. The first-order valence-electron chi connectivity index (χ1n) is 23.6. The van der Waals surface area contributed by atoms with E-state index in [9.17, 15) is 0 Å². The van der Waals surface area contributed by atoms with Gasteiger partial charge in [-0.1, -0.05) is 170 Å². The highest BCUT2D eigenvalue weighted by molar-refractivity contribution is 6.27. The average Bonchev–Trinajstić information content (AvgIpc) is 3.98. The summed E-state index contributed by atoms with van der Waals surface area (Å²) in [7, 11) is 0. The van der Waals surface area contributed by atoms with Crippen LogP contribution in [0.5, 0.6) is 0 Å². The standard InChI is InChI=1S/C65H42N4/c1-4-14-48(15-5-1)67(52-36-41-61-58(42-52)55-20-10-12-22-60(55)68(61)49-16-6-2-7-17-49)51-34-28-44(29-35-51)54-38-31-46-32-39-56-53(37-30-45-33-40-57(54)64(46)63(45)56)43-24-26-47(27-25-43)65-66-59-21-11-13-23-62(59)69(65)50-18-8-3-9-19-50/h1-42H. The van der Waals surface area contributed by atoms with Gasteiger partial charge in [-0.2, -0.15) is 0 Å². The molecule has 0 spiro atoms. The van der Waals surface area contributed by atoms with Crippen LogP contribution in [0.15, 0.2) is 255 Å². The smallest absolute Gasteiger partial charge is 0.145 e. The van der Waals surface area contributed by atoms with Crippen LogP contribution in [0.1, 0.15) is 0 Å². The number of imidazole rings is 1. The molecule has 0 radical (unpaired) electrons. The molecule has 0 fully saturated rings. The number of para-hydroxylation sites is 6. The highest BCUT2D eigenvalue weighted by atomic mass is 15.1. The molecule has 0 aliphatic heterocycles. The zero-order valence-corrected chi connectivity index (χ0v) is 37.5. The number of anilines is 3. The second-order valence-electron chi connectivity index (χ2n) is 17.9. The number of hydrogen-bond donors (Lipinski definition) is 0. The molecule has 0 saturated carbocycles. The molecule has 0 atom stereocenters. The summed E-state index contributed by atoms with van der Waals surface area (Å²) in [6.07, 6.45) is 0. The van der Waals surface area contributed by atoms with Crippen LogP contribution in [0, 0.1) is 0 Å². The minimum Gasteiger partial charge on any atom is -0.310 e. The fraction of sp³-hybridized carbons (Fsp3) is 0. The molecule has 0 aliphatic carbocycles. The molecule has 12 aromatic carbocycles. The van der Waals surface area contributed by atoms with Gasteiger partial charge in [-0.05, 0) is 140 Å². The fourth-order valence-electron chi connectivity index (χ4n) is 10.9. The van der Waals surface area contributed by atoms with E-state index in [4.69, 9.17) is 4.98 Å². The molecule has 0 N–H and O–H groups in total. The molecule has 14 aromatic rings. The van der Waals surface area contributed by atoms with E-state index in [1.54, 1.807) is 0 Å². The van der Waals surface area contributed by atoms with Gasteiger partial charge in [-0.3, -0.25) is 4.57 Å². The minimum absolute atomic E-state index is 0.933. The van der Waals surface area contributed by atoms with E-state index < -0.39 is 0 Å². The molecular formula is C65H42N4. The van der Waals surface area contributed by atoms with Crippen LogP contribution < -0.4 is 4.90 Å². The van der Waals surface area contributed by atoms with Crippen molar-refractivity contribution in [1.82, 2.24) is 14.1 Å². The lowest BCUT2D eigenvalue weighted by molar-refractivity contribution is 1.10. The maximum absolute atomic E-state index is 5.13. The van der Waals surface area contributed by atoms with Crippen LogP contribution in [0.2, 0.25) is 0 Å². The number of nitrogens with zero attached hydrogens (tertiary/aromatic N) is 4. The van der Waals surface area contributed by atoms with Crippen LogP contribution in [0.3, 0.4) is 0 Å². The van der Waals surface area contributed by atoms with Gasteiger partial charge in [-0.15, -0.1) is 0 Å². The van der Waals surface area contributed by atoms with Crippen molar-refractivity contribution in [3.63, 3.8) is 0 Å². The molecule has 14 rings (SSSR count). The first kappa shape index (κ1) is 39.0. The predicted octanol–water partition coefficient (Wildman–Crippen LogP) is 17.5. The molecule has 2 aromatic heterocycles. The van der Waals surface area contributed by atoms with E-state index in [0.717, 1.165) is 50.9 Å². The van der Waals surface area contributed by atoms with Gasteiger partial charge >= 0.3 is 0 Å². The van der Waals surface area contributed by atoms with Crippen molar-refractivity contribution < 1.29 is 0 Å². The second-order valence-corrected chi connectivity index (χ2v) is 17.9. The van der Waals surface area contributed by atoms with Crippen LogP contribution >= 0.6 is 0 Å². The first-order chi connectivity index (χ1) is 34.2. The quantitative estimate of drug-likeness (QED) is 0.142. The van der Waals surface area contributed by atoms with Gasteiger partial charge in [0.1, 0.15) is 5.82 Å². The van der Waals surface area contributed by atoms with E-state index in [1.165, 1.54) is 76.4 Å². The van der Waals surface area contributed by atoms with Crippen molar-refractivity contribution in [1.29, 1.82) is 0 Å². The summed E-state index contributed by atoms with van der Waals surface area (Å²) >= 11 is 0. The van der Waals surface area contributed by atoms with Crippen molar-refractivity contribution in [2.24, 2.45) is 0 Å². The van der Waals surface area contributed by atoms with Crippen LogP contribution in [0.4, 0.5) is 17.1 Å². The van der Waals surface area contributed by atoms with Crippen molar-refractivity contribution in [2.75, 3.05) is 4.90 Å². The molecule has 2 heterocycles. The van der Waals surface area contributed by atoms with E-state index in [1.807, 2.05) is 0 Å². The summed E-state index contributed by atoms with van der Waals surface area (Å²) < 4.78 is 4.63. The monoisotopic (exact) mass is 878 g/mol. The van der Waals surface area contributed by atoms with E-state index >= 15 is 0 Å². The molecule has 0 aliphatic rings. The second kappa shape index (κ2) is 15.7. The van der Waals surface area contributed by atoms with Gasteiger partial charge in [0.15, 0.2) is 0 Å². The van der Waals surface area contributed by atoms with Crippen LogP contribution in [0.25, 0.3) is 110 Å². The first-order valence-corrected chi connectivity index (χ1v) is 23.6. The summed E-state index contributed by atoms with van der Waals surface area (Å²) in [5.74, 6) is 0.933. The third-order valence-corrected chi connectivity index (χ3v) is 14.1. The highest BCUT2D eigenvalue weighted by Crippen LogP contribution is 2.45. The Morgan fingerprint density at radius 2 is 0.783 bits per heavy atom. The Kier molecular flexibility index (Phi) is 8.86. The lowest BCUT2D eigenvalue weighted by Crippen LogP contribution is -2.09. The summed E-state index contributed by atoms with van der Waals surface area (Å²) in [5.41, 5.74) is 15.9. The van der Waals surface area contributed by atoms with Gasteiger partial charge in [0.05, 0.1) is 22.1 Å². The molecular weight excluding hydrogens is 837 g/mol. The summed E-state index contributed by atoms with van der Waals surface area (Å²) in [6.45, 7) is 0. The number of rotatable bonds is 8. The van der Waals surface area contributed by atoms with Gasteiger partial charge in [0.2, 0.25) is 0 Å². The van der Waals surface area contributed by atoms with Crippen molar-refractivity contribution >= 4 is 82.2 Å². The normalized spacial score (nSPS) is 11.8. The van der Waals surface area contributed by atoms with Crippen molar-refractivity contribution in [3.05, 3.63) is 255 Å². The number of hydrogen-bond acceptors (Lipinski definition) is 2. The van der Waals surface area contributed by atoms with E-state index in [2.05, 4.69) is 269 Å². The van der Waals surface area contributed by atoms with Crippen LogP contribution in [-0.2, 0) is 0 Å². The van der Waals surface area contributed by atoms with Gasteiger partial charge < -0.3 is 9.47 Å². The molecule has 4 nitrogen and oxygen atoms in total. The molecule has 4 heteroatoms. The minimum atomic E-state index is 0.933. The number of aromatic nitrogens is 3. The Morgan fingerprint density at radius 1 is 0.304 bits per heavy atom. The lowest BCUT2D eigenvalue weighted by Gasteiger charge is -2.26. The topological polar surface area (TPSA) is 26.0 Å². The van der Waals surface area contributed by atoms with Crippen molar-refractivity contribution in [3.8, 4) is 45.0 Å². The Balaban J connectivity index is 0.845. The van der Waals surface area contributed by atoms with E-state index in [-0.39, 0.29) is 0 Å².